The lowest BCUT2D eigenvalue weighted by molar-refractivity contribution is 0.581. The van der Waals surface area contributed by atoms with Crippen molar-refractivity contribution in [1.82, 2.24) is 19.5 Å². The van der Waals surface area contributed by atoms with E-state index >= 15 is 0 Å². The minimum Gasteiger partial charge on any atom is -0.249 e. The molecule has 0 spiro atoms. The molecule has 6 nitrogen and oxygen atoms in total. The number of hydrogen-bond acceptors (Lipinski definition) is 5. The minimum absolute atomic E-state index is 0.00191. The van der Waals surface area contributed by atoms with Crippen LogP contribution in [-0.2, 0) is 23.1 Å². The van der Waals surface area contributed by atoms with Crippen molar-refractivity contribution in [2.24, 2.45) is 0 Å². The predicted molar refractivity (Wildman–Crippen MR) is 93.9 cm³/mol. The van der Waals surface area contributed by atoms with E-state index in [4.69, 9.17) is 23.2 Å². The van der Waals surface area contributed by atoms with Crippen LogP contribution in [0.1, 0.15) is 11.1 Å². The number of aromatic nitrogens is 3. The molecule has 0 aliphatic carbocycles. The zero-order valence-electron chi connectivity index (χ0n) is 12.2. The molecule has 0 radical (unpaired) electrons. The monoisotopic (exact) mass is 402 g/mol. The van der Waals surface area contributed by atoms with Gasteiger partial charge < -0.3 is 0 Å². The van der Waals surface area contributed by atoms with Crippen molar-refractivity contribution in [2.75, 3.05) is 0 Å². The number of halogens is 2. The Bertz CT molecular complexity index is 940. The average molecular weight is 403 g/mol. The molecular formula is C14H12Cl2N4O2S2. The number of nitrogens with one attached hydrogen (secondary N) is 1. The van der Waals surface area contributed by atoms with Crippen LogP contribution in [-0.4, -0.2) is 23.2 Å². The predicted octanol–water partition coefficient (Wildman–Crippen LogP) is 3.17. The molecule has 0 aliphatic rings. The molecule has 3 aromatic rings. The summed E-state index contributed by atoms with van der Waals surface area (Å²) in [6, 6.07) is 8.90. The highest BCUT2D eigenvalue weighted by molar-refractivity contribution is 7.89. The SMILES string of the molecule is O=S(=O)(NCc1cccc(Cn2cncn2)c1)c1cc(Cl)sc1Cl. The number of benzene rings is 1. The van der Waals surface area contributed by atoms with E-state index in [2.05, 4.69) is 14.8 Å². The van der Waals surface area contributed by atoms with Crippen LogP contribution in [0.2, 0.25) is 8.67 Å². The van der Waals surface area contributed by atoms with Crippen molar-refractivity contribution in [3.63, 3.8) is 0 Å². The van der Waals surface area contributed by atoms with Gasteiger partial charge in [-0.1, -0.05) is 47.5 Å². The summed E-state index contributed by atoms with van der Waals surface area (Å²) in [5.41, 5.74) is 1.82. The second kappa shape index (κ2) is 7.20. The first-order valence-electron chi connectivity index (χ1n) is 6.79. The van der Waals surface area contributed by atoms with Crippen LogP contribution in [0.15, 0.2) is 47.9 Å². The fraction of sp³-hybridized carbons (Fsp3) is 0.143. The molecule has 3 rings (SSSR count). The zero-order valence-corrected chi connectivity index (χ0v) is 15.3. The molecule has 2 heterocycles. The van der Waals surface area contributed by atoms with Gasteiger partial charge in [0, 0.05) is 6.54 Å². The molecule has 0 fully saturated rings. The van der Waals surface area contributed by atoms with Gasteiger partial charge >= 0.3 is 0 Å². The maximum atomic E-state index is 12.3. The van der Waals surface area contributed by atoms with Gasteiger partial charge in [0.05, 0.1) is 10.9 Å². The van der Waals surface area contributed by atoms with Crippen LogP contribution < -0.4 is 4.72 Å². The largest absolute Gasteiger partial charge is 0.249 e. The van der Waals surface area contributed by atoms with Gasteiger partial charge in [0.25, 0.3) is 0 Å². The van der Waals surface area contributed by atoms with Crippen LogP contribution in [0.25, 0.3) is 0 Å². The van der Waals surface area contributed by atoms with Gasteiger partial charge in [0.2, 0.25) is 10.0 Å². The standard InChI is InChI=1S/C14H12Cl2N4O2S2/c15-13-5-12(14(16)23-13)24(21,22)19-6-10-2-1-3-11(4-10)7-20-9-17-8-18-20/h1-5,8-9,19H,6-7H2. The maximum absolute atomic E-state index is 12.3. The van der Waals surface area contributed by atoms with E-state index in [9.17, 15) is 8.42 Å². The third-order valence-corrected chi connectivity index (χ3v) is 6.34. The Balaban J connectivity index is 1.71. The van der Waals surface area contributed by atoms with Crippen molar-refractivity contribution >= 4 is 44.6 Å². The number of thiophene rings is 1. The molecule has 2 aromatic heterocycles. The smallest absolute Gasteiger partial charge is 0.243 e. The van der Waals surface area contributed by atoms with Gasteiger partial charge in [-0.2, -0.15) is 5.10 Å². The van der Waals surface area contributed by atoms with Crippen molar-refractivity contribution in [3.8, 4) is 0 Å². The molecule has 126 valence electrons. The summed E-state index contributed by atoms with van der Waals surface area (Å²) in [5.74, 6) is 0. The van der Waals surface area contributed by atoms with Gasteiger partial charge in [-0.05, 0) is 17.2 Å². The average Bonchev–Trinajstić information content (AvgIpc) is 3.15. The molecule has 0 atom stereocenters. The Morgan fingerprint density at radius 1 is 1.21 bits per heavy atom. The summed E-state index contributed by atoms with van der Waals surface area (Å²) >= 11 is 12.7. The van der Waals surface area contributed by atoms with E-state index in [1.165, 1.54) is 12.4 Å². The van der Waals surface area contributed by atoms with Crippen LogP contribution in [0.5, 0.6) is 0 Å². The summed E-state index contributed by atoms with van der Waals surface area (Å²) in [6.45, 7) is 0.712. The first-order valence-corrected chi connectivity index (χ1v) is 9.84. The van der Waals surface area contributed by atoms with Crippen LogP contribution in [0.3, 0.4) is 0 Å². The fourth-order valence-corrected chi connectivity index (χ4v) is 5.27. The zero-order chi connectivity index (χ0) is 17.2. The first-order chi connectivity index (χ1) is 11.4. The Hall–Kier alpha value is -1.45. The van der Waals surface area contributed by atoms with E-state index in [1.54, 1.807) is 11.0 Å². The van der Waals surface area contributed by atoms with E-state index in [-0.39, 0.29) is 15.8 Å². The third kappa shape index (κ3) is 4.14. The molecule has 0 unspecified atom stereocenters. The molecule has 24 heavy (non-hydrogen) atoms. The lowest BCUT2D eigenvalue weighted by Gasteiger charge is -2.08. The van der Waals surface area contributed by atoms with Crippen molar-refractivity contribution in [3.05, 3.63) is 62.8 Å². The second-order valence-electron chi connectivity index (χ2n) is 4.93. The molecular weight excluding hydrogens is 391 g/mol. The summed E-state index contributed by atoms with van der Waals surface area (Å²) < 4.78 is 29.3. The highest BCUT2D eigenvalue weighted by Crippen LogP contribution is 2.34. The van der Waals surface area contributed by atoms with Crippen molar-refractivity contribution in [1.29, 1.82) is 0 Å². The lowest BCUT2D eigenvalue weighted by Crippen LogP contribution is -2.23. The lowest BCUT2D eigenvalue weighted by atomic mass is 10.1. The van der Waals surface area contributed by atoms with Gasteiger partial charge in [-0.25, -0.2) is 22.8 Å². The topological polar surface area (TPSA) is 76.9 Å². The highest BCUT2D eigenvalue weighted by atomic mass is 35.5. The van der Waals surface area contributed by atoms with Gasteiger partial charge in [-0.3, -0.25) is 0 Å². The van der Waals surface area contributed by atoms with Gasteiger partial charge in [0.15, 0.2) is 0 Å². The molecule has 0 saturated heterocycles. The van der Waals surface area contributed by atoms with E-state index in [0.717, 1.165) is 22.5 Å². The van der Waals surface area contributed by atoms with Gasteiger partial charge in [-0.15, -0.1) is 11.3 Å². The quantitative estimate of drug-likeness (QED) is 0.686. The Morgan fingerprint density at radius 2 is 2.00 bits per heavy atom. The third-order valence-electron chi connectivity index (χ3n) is 3.18. The minimum atomic E-state index is -3.71. The Kier molecular flexibility index (Phi) is 5.21. The first kappa shape index (κ1) is 17.4. The number of hydrogen-bond donors (Lipinski definition) is 1. The summed E-state index contributed by atoms with van der Waals surface area (Å²) in [4.78, 5) is 3.89. The number of sulfonamides is 1. The molecule has 1 aromatic carbocycles. The Labute approximate surface area is 153 Å². The van der Waals surface area contributed by atoms with E-state index < -0.39 is 10.0 Å². The summed E-state index contributed by atoms with van der Waals surface area (Å²) in [7, 11) is -3.71. The summed E-state index contributed by atoms with van der Waals surface area (Å²) in [6.07, 6.45) is 3.09. The molecule has 1 N–H and O–H groups in total. The number of rotatable bonds is 6. The second-order valence-corrected chi connectivity index (χ2v) is 8.95. The Morgan fingerprint density at radius 3 is 2.67 bits per heavy atom. The molecule has 0 saturated carbocycles. The van der Waals surface area contributed by atoms with E-state index in [1.807, 2.05) is 24.3 Å². The van der Waals surface area contributed by atoms with Crippen LogP contribution >= 0.6 is 34.5 Å². The molecule has 0 aliphatic heterocycles. The number of nitrogens with zero attached hydrogens (tertiary/aromatic N) is 3. The molecule has 0 amide bonds. The molecule has 0 bridgehead atoms. The maximum Gasteiger partial charge on any atom is 0.243 e. The van der Waals surface area contributed by atoms with Gasteiger partial charge in [0.1, 0.15) is 21.9 Å². The van der Waals surface area contributed by atoms with Crippen molar-refractivity contribution in [2.45, 2.75) is 18.0 Å². The van der Waals surface area contributed by atoms with E-state index in [0.29, 0.717) is 10.9 Å². The van der Waals surface area contributed by atoms with Crippen LogP contribution in [0.4, 0.5) is 0 Å². The van der Waals surface area contributed by atoms with Crippen LogP contribution in [0, 0.1) is 0 Å². The molecule has 10 heteroatoms. The normalized spacial score (nSPS) is 11.8. The summed E-state index contributed by atoms with van der Waals surface area (Å²) in [5, 5.41) is 4.05. The highest BCUT2D eigenvalue weighted by Gasteiger charge is 2.20. The van der Waals surface area contributed by atoms with Crippen molar-refractivity contribution < 1.29 is 8.42 Å². The fourth-order valence-electron chi connectivity index (χ4n) is 2.10.